The molecule has 1 rings (SSSR count). The van der Waals surface area contributed by atoms with E-state index in [4.69, 9.17) is 9.84 Å². The third-order valence-corrected chi connectivity index (χ3v) is 2.29. The zero-order valence-electron chi connectivity index (χ0n) is 12.3. The average molecular weight is 281 g/mol. The summed E-state index contributed by atoms with van der Waals surface area (Å²) in [7, 11) is 0. The molecule has 112 valence electrons. The smallest absolute Gasteiger partial charge is 0.409 e. The molecule has 1 aromatic rings. The highest BCUT2D eigenvalue weighted by Gasteiger charge is 2.06. The summed E-state index contributed by atoms with van der Waals surface area (Å²) in [6, 6.07) is 6.70. The zero-order valence-corrected chi connectivity index (χ0v) is 12.3. The predicted octanol–water partition coefficient (Wildman–Crippen LogP) is 3.69. The van der Waals surface area contributed by atoms with Crippen molar-refractivity contribution in [2.45, 2.75) is 40.0 Å². The molecule has 0 atom stereocenters. The van der Waals surface area contributed by atoms with E-state index in [1.807, 2.05) is 20.8 Å². The molecule has 5 heteroatoms. The van der Waals surface area contributed by atoms with E-state index in [2.05, 4.69) is 5.32 Å². The summed E-state index contributed by atoms with van der Waals surface area (Å²) < 4.78 is 5.03. The Hall–Kier alpha value is -2.04. The fourth-order valence-electron chi connectivity index (χ4n) is 1.43. The maximum atomic E-state index is 11.5. The molecule has 0 aliphatic carbocycles. The number of ether oxygens (including phenoxy) is 1. The molecule has 2 N–H and O–H groups in total. The van der Waals surface area contributed by atoms with Crippen LogP contribution in [0.25, 0.3) is 0 Å². The highest BCUT2D eigenvalue weighted by molar-refractivity contribution is 5.83. The molecule has 0 heterocycles. The van der Waals surface area contributed by atoms with E-state index in [0.717, 1.165) is 18.4 Å². The Labute approximate surface area is 120 Å². The summed E-state index contributed by atoms with van der Waals surface area (Å²) in [6.45, 7) is 6.46. The quantitative estimate of drug-likeness (QED) is 0.616. The predicted molar refractivity (Wildman–Crippen MR) is 79.0 cm³/mol. The number of hydrogen-bond acceptors (Lipinski definition) is 3. The number of unbranched alkanes of at least 4 members (excludes halogenated alkanes) is 1. The summed E-state index contributed by atoms with van der Waals surface area (Å²) in [6.07, 6.45) is 0.855. The number of esters is 1. The second kappa shape index (κ2) is 10.8. The number of carbonyl (C=O) groups excluding carboxylic acids is 1. The molecule has 0 saturated carbocycles. The molecule has 20 heavy (non-hydrogen) atoms. The maximum Gasteiger partial charge on any atom is 0.409 e. The third-order valence-electron chi connectivity index (χ3n) is 2.29. The number of amides is 1. The van der Waals surface area contributed by atoms with Crippen LogP contribution in [0.3, 0.4) is 0 Å². The van der Waals surface area contributed by atoms with Crippen molar-refractivity contribution in [3.63, 3.8) is 0 Å². The molecule has 1 amide bonds. The monoisotopic (exact) mass is 281 g/mol. The Morgan fingerprint density at radius 2 is 2.00 bits per heavy atom. The number of carbonyl (C=O) groups is 2. The molecule has 0 aliphatic heterocycles. The van der Waals surface area contributed by atoms with E-state index in [0.29, 0.717) is 12.3 Å². The standard InChI is InChI=1S/C13H17NO4.C2H6/c1-2-3-7-18-12(15)9-10-5-4-6-11(8-10)14-13(16)17;1-2/h4-6,8,14H,2-3,7,9H2,1H3,(H,16,17);1-2H3. The summed E-state index contributed by atoms with van der Waals surface area (Å²) >= 11 is 0. The molecule has 0 radical (unpaired) electrons. The van der Waals surface area contributed by atoms with E-state index in [1.54, 1.807) is 24.3 Å². The minimum absolute atomic E-state index is 0.152. The lowest BCUT2D eigenvalue weighted by Gasteiger charge is -2.06. The molecule has 0 saturated heterocycles. The second-order valence-electron chi connectivity index (χ2n) is 3.88. The first-order chi connectivity index (χ1) is 9.61. The number of nitrogens with one attached hydrogen (secondary N) is 1. The van der Waals surface area contributed by atoms with Gasteiger partial charge < -0.3 is 9.84 Å². The van der Waals surface area contributed by atoms with Crippen LogP contribution in [0, 0.1) is 0 Å². The minimum atomic E-state index is -1.13. The van der Waals surface area contributed by atoms with Crippen molar-refractivity contribution in [1.82, 2.24) is 0 Å². The molecule has 5 nitrogen and oxygen atoms in total. The van der Waals surface area contributed by atoms with Crippen molar-refractivity contribution in [2.75, 3.05) is 11.9 Å². The third kappa shape index (κ3) is 8.13. The maximum absolute atomic E-state index is 11.5. The molecule has 0 spiro atoms. The summed E-state index contributed by atoms with van der Waals surface area (Å²) in [5.41, 5.74) is 1.17. The van der Waals surface area contributed by atoms with Crippen LogP contribution in [0.1, 0.15) is 39.2 Å². The molecular weight excluding hydrogens is 258 g/mol. The van der Waals surface area contributed by atoms with Crippen LogP contribution in [-0.4, -0.2) is 23.8 Å². The van der Waals surface area contributed by atoms with Crippen LogP contribution in [0.4, 0.5) is 10.5 Å². The lowest BCUT2D eigenvalue weighted by molar-refractivity contribution is -0.142. The number of rotatable bonds is 6. The van der Waals surface area contributed by atoms with Crippen molar-refractivity contribution >= 4 is 17.7 Å². The number of benzene rings is 1. The molecule has 0 unspecified atom stereocenters. The van der Waals surface area contributed by atoms with Gasteiger partial charge in [-0.2, -0.15) is 0 Å². The fourth-order valence-corrected chi connectivity index (χ4v) is 1.43. The summed E-state index contributed by atoms with van der Waals surface area (Å²) in [5, 5.41) is 10.8. The first-order valence-corrected chi connectivity index (χ1v) is 6.86. The van der Waals surface area contributed by atoms with Gasteiger partial charge in [-0.3, -0.25) is 10.1 Å². The topological polar surface area (TPSA) is 75.6 Å². The van der Waals surface area contributed by atoms with Crippen molar-refractivity contribution in [3.8, 4) is 0 Å². The average Bonchev–Trinajstić information content (AvgIpc) is 2.41. The Balaban J connectivity index is 0.00000172. The van der Waals surface area contributed by atoms with Gasteiger partial charge in [-0.25, -0.2) is 4.79 Å². The Morgan fingerprint density at radius 1 is 1.30 bits per heavy atom. The molecule has 0 bridgehead atoms. The van der Waals surface area contributed by atoms with Crippen molar-refractivity contribution in [1.29, 1.82) is 0 Å². The van der Waals surface area contributed by atoms with E-state index >= 15 is 0 Å². The first kappa shape index (κ1) is 18.0. The van der Waals surface area contributed by atoms with Gasteiger partial charge in [-0.15, -0.1) is 0 Å². The molecule has 1 aromatic carbocycles. The van der Waals surface area contributed by atoms with Gasteiger partial charge in [0.1, 0.15) is 0 Å². The van der Waals surface area contributed by atoms with Gasteiger partial charge in [0.2, 0.25) is 0 Å². The lowest BCUT2D eigenvalue weighted by Crippen LogP contribution is -2.10. The Kier molecular flexibility index (Phi) is 9.74. The number of hydrogen-bond donors (Lipinski definition) is 2. The molecule has 0 fully saturated rings. The fraction of sp³-hybridized carbons (Fsp3) is 0.467. The van der Waals surface area contributed by atoms with Gasteiger partial charge in [0, 0.05) is 5.69 Å². The largest absolute Gasteiger partial charge is 0.465 e. The highest BCUT2D eigenvalue weighted by Crippen LogP contribution is 2.11. The van der Waals surface area contributed by atoms with Crippen LogP contribution in [-0.2, 0) is 16.0 Å². The SMILES string of the molecule is CC.CCCCOC(=O)Cc1cccc(NC(=O)O)c1. The van der Waals surface area contributed by atoms with Gasteiger partial charge in [-0.1, -0.05) is 39.3 Å². The number of anilines is 1. The van der Waals surface area contributed by atoms with Crippen LogP contribution < -0.4 is 5.32 Å². The highest BCUT2D eigenvalue weighted by atomic mass is 16.5. The zero-order chi connectivity index (χ0) is 15.4. The van der Waals surface area contributed by atoms with Gasteiger partial charge in [0.05, 0.1) is 13.0 Å². The Bertz CT molecular complexity index is 418. The van der Waals surface area contributed by atoms with Crippen molar-refractivity contribution in [3.05, 3.63) is 29.8 Å². The molecule has 0 aromatic heterocycles. The summed E-state index contributed by atoms with van der Waals surface area (Å²) in [4.78, 5) is 21.9. The Morgan fingerprint density at radius 3 is 2.60 bits per heavy atom. The van der Waals surface area contributed by atoms with E-state index in [9.17, 15) is 9.59 Å². The van der Waals surface area contributed by atoms with Crippen LogP contribution in [0.15, 0.2) is 24.3 Å². The second-order valence-corrected chi connectivity index (χ2v) is 3.88. The molecule has 0 aliphatic rings. The van der Waals surface area contributed by atoms with E-state index in [-0.39, 0.29) is 12.4 Å². The first-order valence-electron chi connectivity index (χ1n) is 6.86. The van der Waals surface area contributed by atoms with Crippen molar-refractivity contribution < 1.29 is 19.4 Å². The van der Waals surface area contributed by atoms with Gasteiger partial charge in [0.25, 0.3) is 0 Å². The molecular formula is C15H23NO4. The van der Waals surface area contributed by atoms with Gasteiger partial charge >= 0.3 is 12.1 Å². The van der Waals surface area contributed by atoms with E-state index in [1.165, 1.54) is 0 Å². The van der Waals surface area contributed by atoms with Gasteiger partial charge in [-0.05, 0) is 24.1 Å². The van der Waals surface area contributed by atoms with Gasteiger partial charge in [0.15, 0.2) is 0 Å². The van der Waals surface area contributed by atoms with Crippen LogP contribution in [0.5, 0.6) is 0 Å². The summed E-state index contributed by atoms with van der Waals surface area (Å²) in [5.74, 6) is -0.295. The normalized spacial score (nSPS) is 9.15. The van der Waals surface area contributed by atoms with Crippen molar-refractivity contribution in [2.24, 2.45) is 0 Å². The lowest BCUT2D eigenvalue weighted by atomic mass is 10.1. The van der Waals surface area contributed by atoms with Crippen LogP contribution in [0.2, 0.25) is 0 Å². The minimum Gasteiger partial charge on any atom is -0.465 e. The van der Waals surface area contributed by atoms with E-state index < -0.39 is 6.09 Å². The number of carboxylic acid groups (broad SMARTS) is 1. The van der Waals surface area contributed by atoms with Crippen LogP contribution >= 0.6 is 0 Å².